The Morgan fingerprint density at radius 2 is 1.71 bits per heavy atom. The Labute approximate surface area is 164 Å². The normalized spacial score (nSPS) is 12.1. The summed E-state index contributed by atoms with van der Waals surface area (Å²) in [6, 6.07) is 12.9. The second-order valence-corrected chi connectivity index (χ2v) is 6.69. The van der Waals surface area contributed by atoms with Gasteiger partial charge in [0.25, 0.3) is 0 Å². The number of hydrogen-bond donors (Lipinski definition) is 2. The van der Waals surface area contributed by atoms with Crippen molar-refractivity contribution < 1.29 is 19.1 Å². The van der Waals surface area contributed by atoms with Crippen molar-refractivity contribution in [2.75, 3.05) is 37.1 Å². The summed E-state index contributed by atoms with van der Waals surface area (Å²) in [7, 11) is 0. The van der Waals surface area contributed by atoms with Gasteiger partial charge in [-0.3, -0.25) is 14.5 Å². The number of nitrogens with zero attached hydrogens (tertiary/aromatic N) is 1. The van der Waals surface area contributed by atoms with Crippen LogP contribution in [0.1, 0.15) is 18.9 Å². The first kappa shape index (κ1) is 19.7. The molecule has 0 radical (unpaired) electrons. The lowest BCUT2D eigenvalue weighted by atomic mass is 10.2. The lowest BCUT2D eigenvalue weighted by Gasteiger charge is -2.21. The van der Waals surface area contributed by atoms with Gasteiger partial charge in [-0.25, -0.2) is 0 Å². The van der Waals surface area contributed by atoms with Gasteiger partial charge < -0.3 is 20.1 Å². The van der Waals surface area contributed by atoms with Crippen LogP contribution in [0, 0.1) is 6.92 Å². The molecule has 0 fully saturated rings. The summed E-state index contributed by atoms with van der Waals surface area (Å²) in [5.41, 5.74) is 2.42. The molecule has 0 bridgehead atoms. The van der Waals surface area contributed by atoms with Gasteiger partial charge in [-0.15, -0.1) is 0 Å². The summed E-state index contributed by atoms with van der Waals surface area (Å²) in [4.78, 5) is 26.7. The fourth-order valence-corrected chi connectivity index (χ4v) is 3.01. The van der Waals surface area contributed by atoms with Crippen molar-refractivity contribution in [3.05, 3.63) is 48.0 Å². The number of fused-ring (bicyclic) bond motifs is 1. The molecule has 0 saturated heterocycles. The maximum Gasteiger partial charge on any atom is 0.238 e. The zero-order valence-electron chi connectivity index (χ0n) is 16.2. The number of benzene rings is 2. The van der Waals surface area contributed by atoms with Gasteiger partial charge in [0.2, 0.25) is 18.6 Å². The molecule has 0 atom stereocenters. The molecule has 2 aromatic carbocycles. The Morgan fingerprint density at radius 3 is 2.46 bits per heavy atom. The van der Waals surface area contributed by atoms with E-state index >= 15 is 0 Å². The highest BCUT2D eigenvalue weighted by atomic mass is 16.7. The number of para-hydroxylation sites is 1. The van der Waals surface area contributed by atoms with Crippen molar-refractivity contribution in [3.63, 3.8) is 0 Å². The minimum Gasteiger partial charge on any atom is -0.454 e. The zero-order valence-corrected chi connectivity index (χ0v) is 16.2. The second-order valence-electron chi connectivity index (χ2n) is 6.69. The molecule has 7 nitrogen and oxygen atoms in total. The van der Waals surface area contributed by atoms with Gasteiger partial charge in [-0.1, -0.05) is 25.1 Å². The Hall–Kier alpha value is -3.06. The topological polar surface area (TPSA) is 79.9 Å². The SMILES string of the molecule is CCCN(CC(=O)Nc1ccc2c(c1)OCO2)CC(=O)Nc1ccccc1C. The molecule has 2 amide bonds. The number of hydrogen-bond acceptors (Lipinski definition) is 5. The monoisotopic (exact) mass is 383 g/mol. The van der Waals surface area contributed by atoms with Crippen LogP contribution in [0.15, 0.2) is 42.5 Å². The molecule has 1 aliphatic rings. The first-order valence-electron chi connectivity index (χ1n) is 9.32. The van der Waals surface area contributed by atoms with Crippen molar-refractivity contribution >= 4 is 23.2 Å². The molecule has 0 unspecified atom stereocenters. The molecular formula is C21H25N3O4. The third kappa shape index (κ3) is 5.23. The summed E-state index contributed by atoms with van der Waals surface area (Å²) < 4.78 is 10.6. The van der Waals surface area contributed by atoms with Crippen molar-refractivity contribution in [2.24, 2.45) is 0 Å². The van der Waals surface area contributed by atoms with E-state index in [2.05, 4.69) is 10.6 Å². The van der Waals surface area contributed by atoms with Crippen LogP contribution in [0.5, 0.6) is 11.5 Å². The molecule has 0 aromatic heterocycles. The van der Waals surface area contributed by atoms with Crippen LogP contribution in [0.2, 0.25) is 0 Å². The molecule has 2 N–H and O–H groups in total. The summed E-state index contributed by atoms with van der Waals surface area (Å²) in [5.74, 6) is 0.953. The number of carbonyl (C=O) groups excluding carboxylic acids is 2. The van der Waals surface area contributed by atoms with Gasteiger partial charge in [0, 0.05) is 17.4 Å². The van der Waals surface area contributed by atoms with Gasteiger partial charge in [0.15, 0.2) is 11.5 Å². The predicted octanol–water partition coefficient (Wildman–Crippen LogP) is 3.01. The van der Waals surface area contributed by atoms with Crippen molar-refractivity contribution in [1.29, 1.82) is 0 Å². The van der Waals surface area contributed by atoms with E-state index in [1.165, 1.54) is 0 Å². The minimum atomic E-state index is -0.184. The van der Waals surface area contributed by atoms with E-state index in [1.54, 1.807) is 18.2 Å². The van der Waals surface area contributed by atoms with Crippen molar-refractivity contribution in [3.8, 4) is 11.5 Å². The van der Waals surface area contributed by atoms with E-state index in [0.717, 1.165) is 17.7 Å². The van der Waals surface area contributed by atoms with Crippen LogP contribution < -0.4 is 20.1 Å². The number of nitrogens with one attached hydrogen (secondary N) is 2. The van der Waals surface area contributed by atoms with Gasteiger partial charge in [0.05, 0.1) is 13.1 Å². The molecule has 28 heavy (non-hydrogen) atoms. The number of amides is 2. The number of ether oxygens (including phenoxy) is 2. The summed E-state index contributed by atoms with van der Waals surface area (Å²) in [6.07, 6.45) is 0.842. The number of carbonyl (C=O) groups is 2. The highest BCUT2D eigenvalue weighted by Crippen LogP contribution is 2.34. The molecular weight excluding hydrogens is 358 g/mol. The first-order valence-corrected chi connectivity index (χ1v) is 9.32. The fourth-order valence-electron chi connectivity index (χ4n) is 3.01. The van der Waals surface area contributed by atoms with Gasteiger partial charge in [-0.2, -0.15) is 0 Å². The van der Waals surface area contributed by atoms with Crippen molar-refractivity contribution in [2.45, 2.75) is 20.3 Å². The Balaban J connectivity index is 1.55. The van der Waals surface area contributed by atoms with E-state index in [9.17, 15) is 9.59 Å². The standard InChI is InChI=1S/C21H25N3O4/c1-3-10-24(13-21(26)23-17-7-5-4-6-15(17)2)12-20(25)22-16-8-9-18-19(11-16)28-14-27-18/h4-9,11H,3,10,12-14H2,1-2H3,(H,22,25)(H,23,26). The molecule has 7 heteroatoms. The van der Waals surface area contributed by atoms with Crippen LogP contribution in [-0.4, -0.2) is 43.1 Å². The Bertz CT molecular complexity index is 853. The molecule has 2 aromatic rings. The Kier molecular flexibility index (Phi) is 6.49. The second kappa shape index (κ2) is 9.23. The van der Waals surface area contributed by atoms with E-state index in [0.29, 0.717) is 23.7 Å². The molecule has 0 spiro atoms. The van der Waals surface area contributed by atoms with Crippen LogP contribution in [0.4, 0.5) is 11.4 Å². The van der Waals surface area contributed by atoms with Gasteiger partial charge in [-0.05, 0) is 43.7 Å². The van der Waals surface area contributed by atoms with Crippen molar-refractivity contribution in [1.82, 2.24) is 4.90 Å². The first-order chi connectivity index (χ1) is 13.5. The summed E-state index contributed by atoms with van der Waals surface area (Å²) in [6.45, 7) is 5.07. The van der Waals surface area contributed by atoms with E-state index < -0.39 is 0 Å². The zero-order chi connectivity index (χ0) is 19.9. The van der Waals surface area contributed by atoms with Crippen LogP contribution in [0.3, 0.4) is 0 Å². The van der Waals surface area contributed by atoms with Crippen LogP contribution >= 0.6 is 0 Å². The average molecular weight is 383 g/mol. The van der Waals surface area contributed by atoms with Gasteiger partial charge >= 0.3 is 0 Å². The average Bonchev–Trinajstić information content (AvgIpc) is 3.11. The highest BCUT2D eigenvalue weighted by molar-refractivity contribution is 5.95. The smallest absolute Gasteiger partial charge is 0.238 e. The molecule has 0 saturated carbocycles. The third-order valence-electron chi connectivity index (χ3n) is 4.35. The van der Waals surface area contributed by atoms with E-state index in [-0.39, 0.29) is 31.7 Å². The Morgan fingerprint density at radius 1 is 1.00 bits per heavy atom. The fraction of sp³-hybridized carbons (Fsp3) is 0.333. The summed E-state index contributed by atoms with van der Waals surface area (Å²) in [5, 5.41) is 5.75. The van der Waals surface area contributed by atoms with E-state index in [1.807, 2.05) is 43.0 Å². The summed E-state index contributed by atoms with van der Waals surface area (Å²) >= 11 is 0. The molecule has 0 aliphatic carbocycles. The molecule has 3 rings (SSSR count). The largest absolute Gasteiger partial charge is 0.454 e. The van der Waals surface area contributed by atoms with Crippen LogP contribution in [-0.2, 0) is 9.59 Å². The van der Waals surface area contributed by atoms with Gasteiger partial charge in [0.1, 0.15) is 0 Å². The minimum absolute atomic E-state index is 0.128. The number of aryl methyl sites for hydroxylation is 1. The van der Waals surface area contributed by atoms with Crippen LogP contribution in [0.25, 0.3) is 0 Å². The third-order valence-corrected chi connectivity index (χ3v) is 4.35. The van der Waals surface area contributed by atoms with E-state index in [4.69, 9.17) is 9.47 Å². The predicted molar refractivity (Wildman–Crippen MR) is 108 cm³/mol. The quantitative estimate of drug-likeness (QED) is 0.733. The number of anilines is 2. The molecule has 1 aliphatic heterocycles. The maximum absolute atomic E-state index is 12.4. The molecule has 1 heterocycles. The lowest BCUT2D eigenvalue weighted by molar-refractivity contribution is -0.120. The highest BCUT2D eigenvalue weighted by Gasteiger charge is 2.17. The maximum atomic E-state index is 12.4. The lowest BCUT2D eigenvalue weighted by Crippen LogP contribution is -2.39. The molecule has 148 valence electrons. The number of rotatable bonds is 8.